The van der Waals surface area contributed by atoms with E-state index in [0.717, 1.165) is 0 Å². The summed E-state index contributed by atoms with van der Waals surface area (Å²) < 4.78 is 4.35. The monoisotopic (exact) mass is 173 g/mol. The number of fused-ring (bicyclic) bond motifs is 1. The molecule has 1 heterocycles. The Balaban J connectivity index is 2.78. The van der Waals surface area contributed by atoms with Gasteiger partial charge in [0, 0.05) is 0 Å². The quantitative estimate of drug-likeness (QED) is 0.431. The van der Waals surface area contributed by atoms with E-state index in [4.69, 9.17) is 5.26 Å². The van der Waals surface area contributed by atoms with E-state index in [1.807, 2.05) is 6.07 Å². The lowest BCUT2D eigenvalue weighted by atomic mass is 10.0. The molecular formula is C9H3NO3. The van der Waals surface area contributed by atoms with Crippen LogP contribution in [0.3, 0.4) is 0 Å². The van der Waals surface area contributed by atoms with E-state index in [1.54, 1.807) is 0 Å². The first-order valence-electron chi connectivity index (χ1n) is 3.53. The van der Waals surface area contributed by atoms with E-state index < -0.39 is 11.9 Å². The Morgan fingerprint density at radius 1 is 1.23 bits per heavy atom. The number of cyclic esters (lactones) is 2. The van der Waals surface area contributed by atoms with Crippen LogP contribution in [0.2, 0.25) is 0 Å². The van der Waals surface area contributed by atoms with Gasteiger partial charge in [-0.1, -0.05) is 6.07 Å². The predicted molar refractivity (Wildman–Crippen MR) is 40.9 cm³/mol. The van der Waals surface area contributed by atoms with Gasteiger partial charge in [-0.2, -0.15) is 5.26 Å². The summed E-state index contributed by atoms with van der Waals surface area (Å²) in [7, 11) is 0. The van der Waals surface area contributed by atoms with Crippen molar-refractivity contribution < 1.29 is 14.3 Å². The lowest BCUT2D eigenvalue weighted by Crippen LogP contribution is -1.98. The first kappa shape index (κ1) is 7.50. The average Bonchev–Trinajstić information content (AvgIpc) is 2.43. The summed E-state index contributed by atoms with van der Waals surface area (Å²) in [6.45, 7) is 0. The first-order chi connectivity index (χ1) is 6.24. The number of benzene rings is 1. The van der Waals surface area contributed by atoms with Crippen LogP contribution in [-0.4, -0.2) is 11.9 Å². The maximum atomic E-state index is 11.1. The molecule has 1 aliphatic rings. The Kier molecular flexibility index (Phi) is 1.40. The molecule has 62 valence electrons. The smallest absolute Gasteiger partial charge is 0.348 e. The van der Waals surface area contributed by atoms with Crippen molar-refractivity contribution >= 4 is 11.9 Å². The third-order valence-corrected chi connectivity index (χ3v) is 1.79. The Morgan fingerprint density at radius 2 is 2.00 bits per heavy atom. The molecule has 0 N–H and O–H groups in total. The van der Waals surface area contributed by atoms with Gasteiger partial charge in [-0.15, -0.1) is 0 Å². The summed E-state index contributed by atoms with van der Waals surface area (Å²) in [6.07, 6.45) is 0. The minimum atomic E-state index is -0.739. The van der Waals surface area contributed by atoms with Gasteiger partial charge in [-0.05, 0) is 12.1 Å². The van der Waals surface area contributed by atoms with Crippen LogP contribution in [0.5, 0.6) is 0 Å². The van der Waals surface area contributed by atoms with Crippen molar-refractivity contribution in [2.45, 2.75) is 0 Å². The van der Waals surface area contributed by atoms with E-state index in [9.17, 15) is 9.59 Å². The van der Waals surface area contributed by atoms with Crippen molar-refractivity contribution in [3.05, 3.63) is 34.9 Å². The number of nitriles is 1. The second-order valence-corrected chi connectivity index (χ2v) is 2.52. The third-order valence-electron chi connectivity index (χ3n) is 1.79. The van der Waals surface area contributed by atoms with Gasteiger partial charge in [0.15, 0.2) is 0 Å². The molecule has 0 aliphatic carbocycles. The number of ether oxygens (including phenoxy) is 1. The van der Waals surface area contributed by atoms with Crippen LogP contribution in [0.15, 0.2) is 18.2 Å². The lowest BCUT2D eigenvalue weighted by Gasteiger charge is -1.92. The fraction of sp³-hybridized carbons (Fsp3) is 0. The second kappa shape index (κ2) is 2.42. The maximum Gasteiger partial charge on any atom is 0.348 e. The van der Waals surface area contributed by atoms with Gasteiger partial charge in [0.2, 0.25) is 0 Å². The van der Waals surface area contributed by atoms with Crippen molar-refractivity contribution in [3.8, 4) is 6.07 Å². The highest BCUT2D eigenvalue weighted by atomic mass is 16.6. The van der Waals surface area contributed by atoms with E-state index in [-0.39, 0.29) is 16.7 Å². The van der Waals surface area contributed by atoms with E-state index in [0.29, 0.717) is 0 Å². The van der Waals surface area contributed by atoms with Crippen molar-refractivity contribution in [1.29, 1.82) is 5.26 Å². The average molecular weight is 173 g/mol. The second-order valence-electron chi connectivity index (χ2n) is 2.52. The minimum absolute atomic E-state index is 0.0787. The zero-order valence-corrected chi connectivity index (χ0v) is 6.40. The van der Waals surface area contributed by atoms with Crippen molar-refractivity contribution in [2.24, 2.45) is 0 Å². The number of hydrogen-bond donors (Lipinski definition) is 0. The Morgan fingerprint density at radius 3 is 2.69 bits per heavy atom. The standard InChI is InChI=1S/C9H3NO3/c10-4-5-2-1-3-6-7(5)9(12)13-8(6)11/h1-3H. The minimum Gasteiger partial charge on any atom is -0.386 e. The summed E-state index contributed by atoms with van der Waals surface area (Å²) in [6, 6.07) is 6.30. The predicted octanol–water partition coefficient (Wildman–Crippen LogP) is 0.869. The molecule has 1 aromatic carbocycles. The molecule has 1 aliphatic heterocycles. The van der Waals surface area contributed by atoms with E-state index in [1.165, 1.54) is 18.2 Å². The molecule has 0 atom stereocenters. The normalized spacial score (nSPS) is 13.5. The number of rotatable bonds is 0. The molecule has 0 aromatic heterocycles. The van der Waals surface area contributed by atoms with Gasteiger partial charge in [-0.25, -0.2) is 9.59 Å². The fourth-order valence-electron chi connectivity index (χ4n) is 1.23. The summed E-state index contributed by atoms with van der Waals surface area (Å²) in [5.74, 6) is -1.42. The first-order valence-corrected chi connectivity index (χ1v) is 3.53. The third kappa shape index (κ3) is 0.908. The van der Waals surface area contributed by atoms with Gasteiger partial charge in [0.25, 0.3) is 0 Å². The van der Waals surface area contributed by atoms with Gasteiger partial charge in [-0.3, -0.25) is 0 Å². The topological polar surface area (TPSA) is 67.2 Å². The maximum absolute atomic E-state index is 11.1. The molecule has 13 heavy (non-hydrogen) atoms. The number of carbonyl (C=O) groups is 2. The fourth-order valence-corrected chi connectivity index (χ4v) is 1.23. The van der Waals surface area contributed by atoms with Crippen molar-refractivity contribution in [1.82, 2.24) is 0 Å². The van der Waals surface area contributed by atoms with Crippen LogP contribution in [0.4, 0.5) is 0 Å². The van der Waals surface area contributed by atoms with Gasteiger partial charge in [0.05, 0.1) is 16.7 Å². The molecule has 0 radical (unpaired) electrons. The number of nitrogens with zero attached hydrogens (tertiary/aromatic N) is 1. The van der Waals surface area contributed by atoms with Gasteiger partial charge >= 0.3 is 11.9 Å². The van der Waals surface area contributed by atoms with Crippen LogP contribution in [0, 0.1) is 11.3 Å². The molecule has 0 unspecified atom stereocenters. The number of esters is 2. The summed E-state index contributed by atoms with van der Waals surface area (Å²) in [5.41, 5.74) is 0.424. The van der Waals surface area contributed by atoms with Crippen LogP contribution >= 0.6 is 0 Å². The molecule has 1 aromatic rings. The highest BCUT2D eigenvalue weighted by Crippen LogP contribution is 2.22. The van der Waals surface area contributed by atoms with Crippen molar-refractivity contribution in [3.63, 3.8) is 0 Å². The molecule has 4 nitrogen and oxygen atoms in total. The van der Waals surface area contributed by atoms with Crippen LogP contribution in [-0.2, 0) is 4.74 Å². The van der Waals surface area contributed by atoms with Crippen molar-refractivity contribution in [2.75, 3.05) is 0 Å². The molecule has 0 saturated heterocycles. The van der Waals surface area contributed by atoms with Gasteiger partial charge < -0.3 is 4.74 Å². The molecule has 0 amide bonds. The number of hydrogen-bond acceptors (Lipinski definition) is 4. The summed E-state index contributed by atoms with van der Waals surface area (Å²) >= 11 is 0. The molecule has 0 spiro atoms. The molecule has 0 fully saturated rings. The highest BCUT2D eigenvalue weighted by molar-refractivity contribution is 6.15. The highest BCUT2D eigenvalue weighted by Gasteiger charge is 2.31. The SMILES string of the molecule is N#Cc1cccc2c1C(=O)OC2=O. The van der Waals surface area contributed by atoms with E-state index in [2.05, 4.69) is 4.74 Å². The molecule has 0 saturated carbocycles. The van der Waals surface area contributed by atoms with Gasteiger partial charge in [0.1, 0.15) is 6.07 Å². The Bertz CT molecular complexity index is 456. The molecule has 0 bridgehead atoms. The lowest BCUT2D eigenvalue weighted by molar-refractivity contribution is 0.0443. The zero-order valence-electron chi connectivity index (χ0n) is 6.40. The Hall–Kier alpha value is -2.15. The molecule has 2 rings (SSSR count). The molecular weight excluding hydrogens is 170 g/mol. The Labute approximate surface area is 73.3 Å². The van der Waals surface area contributed by atoms with Crippen LogP contribution in [0.25, 0.3) is 0 Å². The summed E-state index contributed by atoms with van der Waals surface area (Å²) in [4.78, 5) is 22.1. The molecule has 4 heteroatoms. The largest absolute Gasteiger partial charge is 0.386 e. The van der Waals surface area contributed by atoms with Crippen LogP contribution < -0.4 is 0 Å². The van der Waals surface area contributed by atoms with Crippen LogP contribution in [0.1, 0.15) is 26.3 Å². The summed E-state index contributed by atoms with van der Waals surface area (Å²) in [5, 5.41) is 8.64. The zero-order chi connectivity index (χ0) is 9.42. The van der Waals surface area contributed by atoms with E-state index >= 15 is 0 Å². The number of carbonyl (C=O) groups excluding carboxylic acids is 2.